The Kier molecular flexibility index (Phi) is 3.39. The maximum atomic E-state index is 12.5. The minimum Gasteiger partial charge on any atom is -0.506 e. The number of para-hydroxylation sites is 1. The lowest BCUT2D eigenvalue weighted by Gasteiger charge is -2.09. The second-order valence-corrected chi connectivity index (χ2v) is 3.84. The lowest BCUT2D eigenvalue weighted by molar-refractivity contribution is -0.137. The minimum atomic E-state index is -4.56. The molecule has 20 heavy (non-hydrogen) atoms. The van der Waals surface area contributed by atoms with Gasteiger partial charge in [-0.15, -0.1) is 0 Å². The second-order valence-electron chi connectivity index (χ2n) is 3.84. The molecule has 0 bridgehead atoms. The fourth-order valence-electron chi connectivity index (χ4n) is 1.64. The Labute approximate surface area is 111 Å². The molecule has 0 fully saturated rings. The van der Waals surface area contributed by atoms with Crippen LogP contribution in [-0.2, 0) is 10.9 Å². The zero-order chi connectivity index (χ0) is 14.9. The van der Waals surface area contributed by atoms with E-state index in [0.717, 1.165) is 11.8 Å². The van der Waals surface area contributed by atoms with E-state index in [0.29, 0.717) is 12.4 Å². The number of rotatable bonds is 2. The molecule has 1 N–H and O–H groups in total. The van der Waals surface area contributed by atoms with E-state index in [4.69, 9.17) is 0 Å². The van der Waals surface area contributed by atoms with Gasteiger partial charge >= 0.3 is 12.1 Å². The Hall–Kier alpha value is -2.51. The number of hydrogen-bond donors (Lipinski definition) is 1. The summed E-state index contributed by atoms with van der Waals surface area (Å²) in [5.74, 6) is -1.18. The van der Waals surface area contributed by atoms with Gasteiger partial charge in [-0.3, -0.25) is 0 Å². The Bertz CT molecular complexity index is 650. The van der Waals surface area contributed by atoms with Crippen molar-refractivity contribution in [2.45, 2.75) is 6.18 Å². The SMILES string of the molecule is COC(=O)c1cccc(O)c1-n1cc(C(F)(F)F)cn1. The van der Waals surface area contributed by atoms with Crippen LogP contribution in [0.2, 0.25) is 0 Å². The molecule has 8 heteroatoms. The molecule has 0 amide bonds. The maximum Gasteiger partial charge on any atom is 0.419 e. The lowest BCUT2D eigenvalue weighted by Crippen LogP contribution is -2.08. The summed E-state index contributed by atoms with van der Waals surface area (Å²) in [6.45, 7) is 0. The third kappa shape index (κ3) is 2.44. The van der Waals surface area contributed by atoms with E-state index >= 15 is 0 Å². The van der Waals surface area contributed by atoms with Gasteiger partial charge in [-0.2, -0.15) is 18.3 Å². The first-order chi connectivity index (χ1) is 9.34. The number of methoxy groups -OCH3 is 1. The molecule has 0 radical (unpaired) electrons. The molecule has 0 atom stereocenters. The van der Waals surface area contributed by atoms with Crippen molar-refractivity contribution in [3.05, 3.63) is 41.7 Å². The van der Waals surface area contributed by atoms with Crippen LogP contribution in [0.25, 0.3) is 5.69 Å². The number of phenols is 1. The van der Waals surface area contributed by atoms with Crippen LogP contribution < -0.4 is 0 Å². The molecule has 5 nitrogen and oxygen atoms in total. The Morgan fingerprint density at radius 3 is 2.65 bits per heavy atom. The van der Waals surface area contributed by atoms with Crippen molar-refractivity contribution in [1.29, 1.82) is 0 Å². The van der Waals surface area contributed by atoms with Crippen LogP contribution >= 0.6 is 0 Å². The molecule has 106 valence electrons. The quantitative estimate of drug-likeness (QED) is 0.861. The number of halogens is 3. The van der Waals surface area contributed by atoms with Crippen molar-refractivity contribution in [3.8, 4) is 11.4 Å². The first kappa shape index (κ1) is 13.9. The number of benzene rings is 1. The summed E-state index contributed by atoms with van der Waals surface area (Å²) in [5, 5.41) is 13.3. The summed E-state index contributed by atoms with van der Waals surface area (Å²) >= 11 is 0. The van der Waals surface area contributed by atoms with E-state index in [1.165, 1.54) is 18.2 Å². The zero-order valence-electron chi connectivity index (χ0n) is 10.2. The minimum absolute atomic E-state index is 0.0932. The standard InChI is InChI=1S/C12H9F3N2O3/c1-20-11(19)8-3-2-4-9(18)10(8)17-6-7(5-16-17)12(13,14)15/h2-6,18H,1H3. The smallest absolute Gasteiger partial charge is 0.419 e. The Morgan fingerprint density at radius 1 is 1.40 bits per heavy atom. The molecule has 0 aliphatic carbocycles. The topological polar surface area (TPSA) is 64.3 Å². The van der Waals surface area contributed by atoms with Crippen LogP contribution in [0.3, 0.4) is 0 Å². The number of carbonyl (C=O) groups is 1. The molecular weight excluding hydrogens is 277 g/mol. The number of aromatic nitrogens is 2. The van der Waals surface area contributed by atoms with Gasteiger partial charge < -0.3 is 9.84 Å². The molecule has 1 aromatic carbocycles. The van der Waals surface area contributed by atoms with E-state index < -0.39 is 17.7 Å². The van der Waals surface area contributed by atoms with Crippen LogP contribution in [0.4, 0.5) is 13.2 Å². The molecule has 2 aromatic rings. The van der Waals surface area contributed by atoms with Crippen LogP contribution in [0.1, 0.15) is 15.9 Å². The normalized spacial score (nSPS) is 11.4. The van der Waals surface area contributed by atoms with Gasteiger partial charge in [0.25, 0.3) is 0 Å². The zero-order valence-corrected chi connectivity index (χ0v) is 10.2. The van der Waals surface area contributed by atoms with E-state index in [9.17, 15) is 23.1 Å². The Morgan fingerprint density at radius 2 is 2.10 bits per heavy atom. The van der Waals surface area contributed by atoms with Gasteiger partial charge in [0, 0.05) is 6.20 Å². The number of nitrogens with zero attached hydrogens (tertiary/aromatic N) is 2. The van der Waals surface area contributed by atoms with Gasteiger partial charge in [-0.1, -0.05) is 6.07 Å². The number of alkyl halides is 3. The van der Waals surface area contributed by atoms with Crippen molar-refractivity contribution < 1.29 is 27.8 Å². The van der Waals surface area contributed by atoms with Gasteiger partial charge in [0.2, 0.25) is 0 Å². The largest absolute Gasteiger partial charge is 0.506 e. The summed E-state index contributed by atoms with van der Waals surface area (Å²) in [6, 6.07) is 3.92. The van der Waals surface area contributed by atoms with Gasteiger partial charge in [0.1, 0.15) is 11.4 Å². The number of carbonyl (C=O) groups excluding carboxylic acids is 1. The molecule has 0 saturated heterocycles. The lowest BCUT2D eigenvalue weighted by atomic mass is 10.1. The fraction of sp³-hybridized carbons (Fsp3) is 0.167. The van der Waals surface area contributed by atoms with Crippen LogP contribution in [0.5, 0.6) is 5.75 Å². The van der Waals surface area contributed by atoms with Gasteiger partial charge in [-0.05, 0) is 12.1 Å². The van der Waals surface area contributed by atoms with Crippen molar-refractivity contribution in [2.24, 2.45) is 0 Å². The van der Waals surface area contributed by atoms with Crippen LogP contribution in [-0.4, -0.2) is 28.0 Å². The summed E-state index contributed by atoms with van der Waals surface area (Å²) < 4.78 is 42.9. The fourth-order valence-corrected chi connectivity index (χ4v) is 1.64. The highest BCUT2D eigenvalue weighted by Crippen LogP contribution is 2.31. The first-order valence-electron chi connectivity index (χ1n) is 5.37. The third-order valence-corrected chi connectivity index (χ3v) is 2.56. The van der Waals surface area contributed by atoms with Crippen molar-refractivity contribution in [2.75, 3.05) is 7.11 Å². The molecule has 0 aliphatic heterocycles. The maximum absolute atomic E-state index is 12.5. The van der Waals surface area contributed by atoms with E-state index in [1.54, 1.807) is 0 Å². The number of ether oxygens (including phenoxy) is 1. The van der Waals surface area contributed by atoms with Crippen molar-refractivity contribution >= 4 is 5.97 Å². The number of aromatic hydroxyl groups is 1. The molecule has 1 aromatic heterocycles. The van der Waals surface area contributed by atoms with E-state index in [1.807, 2.05) is 0 Å². The Balaban J connectivity index is 2.58. The highest BCUT2D eigenvalue weighted by Gasteiger charge is 2.33. The molecule has 0 spiro atoms. The van der Waals surface area contributed by atoms with Crippen LogP contribution in [0.15, 0.2) is 30.6 Å². The molecular formula is C12H9F3N2O3. The summed E-state index contributed by atoms with van der Waals surface area (Å²) in [6.07, 6.45) is -3.27. The van der Waals surface area contributed by atoms with Gasteiger partial charge in [0.05, 0.1) is 24.4 Å². The summed E-state index contributed by atoms with van der Waals surface area (Å²) in [5.41, 5.74) is -1.25. The molecule has 2 rings (SSSR count). The highest BCUT2D eigenvalue weighted by molar-refractivity contribution is 5.94. The van der Waals surface area contributed by atoms with Crippen LogP contribution in [0, 0.1) is 0 Å². The highest BCUT2D eigenvalue weighted by atomic mass is 19.4. The summed E-state index contributed by atoms with van der Waals surface area (Å²) in [4.78, 5) is 11.6. The van der Waals surface area contributed by atoms with Crippen molar-refractivity contribution in [1.82, 2.24) is 9.78 Å². The first-order valence-corrected chi connectivity index (χ1v) is 5.37. The van der Waals surface area contributed by atoms with E-state index in [-0.39, 0.29) is 17.0 Å². The van der Waals surface area contributed by atoms with Gasteiger partial charge in [0.15, 0.2) is 0 Å². The molecule has 0 saturated carbocycles. The second kappa shape index (κ2) is 4.87. The monoisotopic (exact) mass is 286 g/mol. The number of hydrogen-bond acceptors (Lipinski definition) is 4. The molecule has 0 unspecified atom stereocenters. The van der Waals surface area contributed by atoms with Gasteiger partial charge in [-0.25, -0.2) is 9.48 Å². The van der Waals surface area contributed by atoms with E-state index in [2.05, 4.69) is 9.84 Å². The van der Waals surface area contributed by atoms with Crippen molar-refractivity contribution in [3.63, 3.8) is 0 Å². The number of phenolic OH excluding ortho intramolecular Hbond substituents is 1. The summed E-state index contributed by atoms with van der Waals surface area (Å²) in [7, 11) is 1.13. The average Bonchev–Trinajstić information content (AvgIpc) is 2.86. The predicted octanol–water partition coefficient (Wildman–Crippen LogP) is 2.38. The average molecular weight is 286 g/mol. The molecule has 1 heterocycles. The molecule has 0 aliphatic rings. The third-order valence-electron chi connectivity index (χ3n) is 2.56. The predicted molar refractivity (Wildman–Crippen MR) is 61.6 cm³/mol. The number of esters is 1.